The van der Waals surface area contributed by atoms with Crippen molar-refractivity contribution in [3.8, 4) is 0 Å². The predicted octanol–water partition coefficient (Wildman–Crippen LogP) is 3.32. The number of imide groups is 1. The highest BCUT2D eigenvalue weighted by Gasteiger charge is 2.54. The Balaban J connectivity index is 2.07. The van der Waals surface area contributed by atoms with Gasteiger partial charge >= 0.3 is 0 Å². The third-order valence-electron chi connectivity index (χ3n) is 5.50. The van der Waals surface area contributed by atoms with E-state index in [0.717, 1.165) is 31.2 Å². The van der Waals surface area contributed by atoms with E-state index in [1.165, 1.54) is 5.56 Å². The molecule has 3 atom stereocenters. The van der Waals surface area contributed by atoms with Gasteiger partial charge in [-0.05, 0) is 36.7 Å². The van der Waals surface area contributed by atoms with Gasteiger partial charge in [0.2, 0.25) is 11.8 Å². The molecule has 0 radical (unpaired) electrons. The molecule has 0 bridgehead atoms. The highest BCUT2D eigenvalue weighted by molar-refractivity contribution is 6.02. The second kappa shape index (κ2) is 5.28. The van der Waals surface area contributed by atoms with Gasteiger partial charge in [-0.3, -0.25) is 14.9 Å². The molecule has 1 aromatic carbocycles. The van der Waals surface area contributed by atoms with E-state index in [4.69, 9.17) is 0 Å². The number of benzene rings is 1. The molecule has 3 nitrogen and oxygen atoms in total. The van der Waals surface area contributed by atoms with Crippen LogP contribution >= 0.6 is 0 Å². The predicted molar refractivity (Wildman–Crippen MR) is 81.8 cm³/mol. The Labute approximate surface area is 126 Å². The molecule has 2 amide bonds. The molecule has 3 rings (SSSR count). The fourth-order valence-corrected chi connectivity index (χ4v) is 4.55. The number of hydrogen-bond acceptors (Lipinski definition) is 2. The lowest BCUT2D eigenvalue weighted by Crippen LogP contribution is -2.52. The lowest BCUT2D eigenvalue weighted by atomic mass is 9.61. The highest BCUT2D eigenvalue weighted by atomic mass is 16.2. The van der Waals surface area contributed by atoms with Crippen molar-refractivity contribution in [1.82, 2.24) is 5.32 Å². The van der Waals surface area contributed by atoms with Gasteiger partial charge in [0.05, 0.1) is 5.92 Å². The summed E-state index contributed by atoms with van der Waals surface area (Å²) in [6.45, 7) is 4.23. The molecule has 3 heteroatoms. The Morgan fingerprint density at radius 2 is 1.95 bits per heavy atom. The first-order valence-corrected chi connectivity index (χ1v) is 7.97. The van der Waals surface area contributed by atoms with Crippen molar-refractivity contribution in [3.63, 3.8) is 0 Å². The van der Waals surface area contributed by atoms with Crippen LogP contribution in [0.5, 0.6) is 0 Å². The van der Waals surface area contributed by atoms with E-state index in [1.54, 1.807) is 0 Å². The highest BCUT2D eigenvalue weighted by Crippen LogP contribution is 2.57. The van der Waals surface area contributed by atoms with Crippen LogP contribution in [0.4, 0.5) is 0 Å². The molecule has 2 fully saturated rings. The van der Waals surface area contributed by atoms with Crippen LogP contribution in [0.3, 0.4) is 0 Å². The molecule has 1 aliphatic carbocycles. The van der Waals surface area contributed by atoms with E-state index >= 15 is 0 Å². The first kappa shape index (κ1) is 14.3. The van der Waals surface area contributed by atoms with Gasteiger partial charge in [-0.1, -0.05) is 49.6 Å². The molecule has 2 aliphatic rings. The van der Waals surface area contributed by atoms with Crippen molar-refractivity contribution in [2.24, 2.45) is 11.3 Å². The monoisotopic (exact) mass is 285 g/mol. The number of carbonyl (C=O) groups excluding carboxylic acids is 2. The largest absolute Gasteiger partial charge is 0.296 e. The fraction of sp³-hybridized carbons (Fsp3) is 0.556. The lowest BCUT2D eigenvalue weighted by molar-refractivity contribution is -0.141. The molecule has 1 aliphatic heterocycles. The summed E-state index contributed by atoms with van der Waals surface area (Å²) in [5.74, 6) is 0.0983. The molecule has 112 valence electrons. The molecular formula is C18H23NO2. The second-order valence-corrected chi connectivity index (χ2v) is 6.66. The van der Waals surface area contributed by atoms with Gasteiger partial charge in [-0.25, -0.2) is 0 Å². The van der Waals surface area contributed by atoms with Crippen LogP contribution in [-0.4, -0.2) is 11.8 Å². The molecule has 1 heterocycles. The minimum Gasteiger partial charge on any atom is -0.296 e. The van der Waals surface area contributed by atoms with Crippen LogP contribution < -0.4 is 5.32 Å². The number of rotatable bonds is 2. The van der Waals surface area contributed by atoms with Gasteiger partial charge in [0.15, 0.2) is 0 Å². The Morgan fingerprint density at radius 3 is 2.62 bits per heavy atom. The molecule has 1 aromatic rings. The quantitative estimate of drug-likeness (QED) is 0.847. The summed E-state index contributed by atoms with van der Waals surface area (Å²) in [6, 6.07) is 8.23. The third-order valence-corrected chi connectivity index (χ3v) is 5.50. The second-order valence-electron chi connectivity index (χ2n) is 6.66. The maximum atomic E-state index is 12.6. The van der Waals surface area contributed by atoms with Crippen molar-refractivity contribution >= 4 is 11.8 Å². The van der Waals surface area contributed by atoms with Gasteiger partial charge in [0, 0.05) is 6.42 Å². The smallest absolute Gasteiger partial charge is 0.234 e. The van der Waals surface area contributed by atoms with Crippen molar-refractivity contribution < 1.29 is 9.59 Å². The van der Waals surface area contributed by atoms with Gasteiger partial charge in [-0.15, -0.1) is 0 Å². The summed E-state index contributed by atoms with van der Waals surface area (Å²) >= 11 is 0. The number of amides is 2. The average Bonchev–Trinajstić information content (AvgIpc) is 2.82. The summed E-state index contributed by atoms with van der Waals surface area (Å²) in [5.41, 5.74) is 2.09. The summed E-state index contributed by atoms with van der Waals surface area (Å²) in [4.78, 5) is 24.6. The van der Waals surface area contributed by atoms with E-state index in [2.05, 4.69) is 43.4 Å². The minimum absolute atomic E-state index is 0.0938. The Kier molecular flexibility index (Phi) is 3.60. The SMILES string of the molecule is CCC1CCCC12CC(=O)NC(=O)C2c1ccc(C)cc1. The van der Waals surface area contributed by atoms with Gasteiger partial charge < -0.3 is 0 Å². The van der Waals surface area contributed by atoms with Crippen LogP contribution in [0.25, 0.3) is 0 Å². The zero-order chi connectivity index (χ0) is 15.0. The maximum Gasteiger partial charge on any atom is 0.234 e. The molecule has 1 N–H and O–H groups in total. The molecule has 1 saturated heterocycles. The van der Waals surface area contributed by atoms with Crippen LogP contribution in [0, 0.1) is 18.3 Å². The van der Waals surface area contributed by atoms with Crippen LogP contribution in [0.2, 0.25) is 0 Å². The number of aryl methyl sites for hydroxylation is 1. The van der Waals surface area contributed by atoms with Crippen molar-refractivity contribution in [2.45, 2.75) is 51.9 Å². The number of piperidine rings is 1. The zero-order valence-corrected chi connectivity index (χ0v) is 12.8. The van der Waals surface area contributed by atoms with Crippen molar-refractivity contribution in [3.05, 3.63) is 35.4 Å². The first-order valence-electron chi connectivity index (χ1n) is 7.97. The van der Waals surface area contributed by atoms with E-state index in [1.807, 2.05) is 0 Å². The fourth-order valence-electron chi connectivity index (χ4n) is 4.55. The standard InChI is InChI=1S/C18H23NO2/c1-3-14-5-4-10-18(14)11-15(20)19-17(21)16(18)13-8-6-12(2)7-9-13/h6-9,14,16H,3-5,10-11H2,1-2H3,(H,19,20,21). The Hall–Kier alpha value is -1.64. The molecule has 21 heavy (non-hydrogen) atoms. The Morgan fingerprint density at radius 1 is 1.24 bits per heavy atom. The maximum absolute atomic E-state index is 12.6. The van der Waals surface area contributed by atoms with E-state index < -0.39 is 0 Å². The number of hydrogen-bond donors (Lipinski definition) is 1. The Bertz CT molecular complexity index is 563. The van der Waals surface area contributed by atoms with E-state index in [0.29, 0.717) is 12.3 Å². The van der Waals surface area contributed by atoms with Crippen molar-refractivity contribution in [1.29, 1.82) is 0 Å². The van der Waals surface area contributed by atoms with Crippen LogP contribution in [0.1, 0.15) is 56.1 Å². The topological polar surface area (TPSA) is 46.2 Å². The molecule has 1 spiro atoms. The van der Waals surface area contributed by atoms with Gasteiger partial charge in [0.25, 0.3) is 0 Å². The van der Waals surface area contributed by atoms with Gasteiger partial charge in [-0.2, -0.15) is 0 Å². The molecule has 0 aromatic heterocycles. The third kappa shape index (κ3) is 2.29. The average molecular weight is 285 g/mol. The molecular weight excluding hydrogens is 262 g/mol. The molecule has 1 saturated carbocycles. The summed E-state index contributed by atoms with van der Waals surface area (Å²) in [6.07, 6.45) is 4.79. The summed E-state index contributed by atoms with van der Waals surface area (Å²) in [5, 5.41) is 2.56. The molecule has 3 unspecified atom stereocenters. The van der Waals surface area contributed by atoms with Crippen molar-refractivity contribution in [2.75, 3.05) is 0 Å². The normalized spacial score (nSPS) is 32.5. The first-order chi connectivity index (χ1) is 10.1. The lowest BCUT2D eigenvalue weighted by Gasteiger charge is -2.44. The van der Waals surface area contributed by atoms with E-state index in [9.17, 15) is 9.59 Å². The number of nitrogens with one attached hydrogen (secondary N) is 1. The van der Waals surface area contributed by atoms with Crippen LogP contribution in [0.15, 0.2) is 24.3 Å². The number of carbonyl (C=O) groups is 2. The van der Waals surface area contributed by atoms with E-state index in [-0.39, 0.29) is 23.1 Å². The summed E-state index contributed by atoms with van der Waals surface area (Å²) in [7, 11) is 0. The summed E-state index contributed by atoms with van der Waals surface area (Å²) < 4.78 is 0. The zero-order valence-electron chi connectivity index (χ0n) is 12.8. The van der Waals surface area contributed by atoms with Crippen LogP contribution in [-0.2, 0) is 9.59 Å². The van der Waals surface area contributed by atoms with Gasteiger partial charge in [0.1, 0.15) is 0 Å². The minimum atomic E-state index is -0.178.